The number of amides is 2. The van der Waals surface area contributed by atoms with Crippen molar-refractivity contribution in [2.75, 3.05) is 6.54 Å². The minimum Gasteiger partial charge on any atom is -0.275 e. The van der Waals surface area contributed by atoms with Gasteiger partial charge in [0.25, 0.3) is 11.8 Å². The SMILES string of the molecule is CCN1C(=O)c2c(C)ccc(C)c2C1=O. The molecular weight excluding hydrogens is 190 g/mol. The predicted octanol–water partition coefficient (Wildman–Crippen LogP) is 1.92. The Bertz CT molecular complexity index is 422. The van der Waals surface area contributed by atoms with Crippen LogP contribution in [0.2, 0.25) is 0 Å². The third-order valence-corrected chi connectivity index (χ3v) is 2.86. The minimum absolute atomic E-state index is 0.154. The van der Waals surface area contributed by atoms with Crippen LogP contribution in [0.15, 0.2) is 12.1 Å². The van der Waals surface area contributed by atoms with E-state index in [1.54, 1.807) is 0 Å². The van der Waals surface area contributed by atoms with E-state index in [1.807, 2.05) is 32.9 Å². The predicted molar refractivity (Wildman–Crippen MR) is 57.0 cm³/mol. The number of carbonyl (C=O) groups excluding carboxylic acids is 2. The molecule has 1 aliphatic heterocycles. The molecule has 0 spiro atoms. The van der Waals surface area contributed by atoms with E-state index in [0.717, 1.165) is 11.1 Å². The Balaban J connectivity index is 2.72. The molecule has 0 saturated heterocycles. The summed E-state index contributed by atoms with van der Waals surface area (Å²) in [5, 5.41) is 0. The molecule has 3 heteroatoms. The standard InChI is InChI=1S/C12H13NO2/c1-4-13-11(14)9-7(2)5-6-8(3)10(9)12(13)15/h5-6H,4H2,1-3H3. The Morgan fingerprint density at radius 1 is 1.00 bits per heavy atom. The third kappa shape index (κ3) is 1.19. The number of hydrogen-bond acceptors (Lipinski definition) is 2. The molecular formula is C12H13NO2. The number of benzene rings is 1. The molecule has 0 aliphatic carbocycles. The first-order valence-corrected chi connectivity index (χ1v) is 5.04. The van der Waals surface area contributed by atoms with Crippen molar-refractivity contribution in [3.8, 4) is 0 Å². The minimum atomic E-state index is -0.154. The molecule has 0 atom stereocenters. The number of carbonyl (C=O) groups is 2. The van der Waals surface area contributed by atoms with Gasteiger partial charge in [-0.05, 0) is 31.9 Å². The van der Waals surface area contributed by atoms with Gasteiger partial charge in [0.2, 0.25) is 0 Å². The molecule has 1 aliphatic rings. The van der Waals surface area contributed by atoms with Crippen molar-refractivity contribution in [2.45, 2.75) is 20.8 Å². The van der Waals surface area contributed by atoms with Gasteiger partial charge in [-0.25, -0.2) is 0 Å². The summed E-state index contributed by atoms with van der Waals surface area (Å²) in [6.07, 6.45) is 0. The fourth-order valence-electron chi connectivity index (χ4n) is 2.01. The lowest BCUT2D eigenvalue weighted by Crippen LogP contribution is -2.29. The lowest BCUT2D eigenvalue weighted by molar-refractivity contribution is 0.0662. The number of hydrogen-bond donors (Lipinski definition) is 0. The van der Waals surface area contributed by atoms with Gasteiger partial charge in [0.15, 0.2) is 0 Å². The summed E-state index contributed by atoms with van der Waals surface area (Å²) in [6, 6.07) is 3.77. The van der Waals surface area contributed by atoms with Gasteiger partial charge in [-0.3, -0.25) is 14.5 Å². The molecule has 78 valence electrons. The molecule has 0 fully saturated rings. The van der Waals surface area contributed by atoms with E-state index in [9.17, 15) is 9.59 Å². The molecule has 0 aromatic heterocycles. The van der Waals surface area contributed by atoms with E-state index in [-0.39, 0.29) is 11.8 Å². The zero-order chi connectivity index (χ0) is 11.2. The second-order valence-corrected chi connectivity index (χ2v) is 3.80. The van der Waals surface area contributed by atoms with Gasteiger partial charge in [0, 0.05) is 6.54 Å². The molecule has 0 saturated carbocycles. The summed E-state index contributed by atoms with van der Waals surface area (Å²) in [5.74, 6) is -0.308. The summed E-state index contributed by atoms with van der Waals surface area (Å²) in [5.41, 5.74) is 2.93. The highest BCUT2D eigenvalue weighted by Gasteiger charge is 2.36. The molecule has 0 radical (unpaired) electrons. The lowest BCUT2D eigenvalue weighted by atomic mass is 9.99. The Hall–Kier alpha value is -1.64. The van der Waals surface area contributed by atoms with E-state index in [4.69, 9.17) is 0 Å². The molecule has 1 heterocycles. The number of aryl methyl sites for hydroxylation is 2. The highest BCUT2D eigenvalue weighted by atomic mass is 16.2. The Labute approximate surface area is 88.7 Å². The van der Waals surface area contributed by atoms with Gasteiger partial charge >= 0.3 is 0 Å². The number of nitrogens with zero attached hydrogens (tertiary/aromatic N) is 1. The van der Waals surface area contributed by atoms with Crippen LogP contribution in [0.25, 0.3) is 0 Å². The van der Waals surface area contributed by atoms with Crippen molar-refractivity contribution >= 4 is 11.8 Å². The number of fused-ring (bicyclic) bond motifs is 1. The summed E-state index contributed by atoms with van der Waals surface area (Å²) in [4.78, 5) is 25.1. The van der Waals surface area contributed by atoms with Crippen LogP contribution in [-0.4, -0.2) is 23.3 Å². The van der Waals surface area contributed by atoms with Crippen molar-refractivity contribution in [1.82, 2.24) is 4.90 Å². The van der Waals surface area contributed by atoms with Crippen LogP contribution in [-0.2, 0) is 0 Å². The highest BCUT2D eigenvalue weighted by molar-refractivity contribution is 6.22. The zero-order valence-corrected chi connectivity index (χ0v) is 9.13. The highest BCUT2D eigenvalue weighted by Crippen LogP contribution is 2.28. The summed E-state index contributed by atoms with van der Waals surface area (Å²) < 4.78 is 0. The van der Waals surface area contributed by atoms with Gasteiger partial charge < -0.3 is 0 Å². The Morgan fingerprint density at radius 2 is 1.40 bits per heavy atom. The first kappa shape index (κ1) is 9.90. The van der Waals surface area contributed by atoms with Crippen LogP contribution in [0.4, 0.5) is 0 Å². The molecule has 0 bridgehead atoms. The van der Waals surface area contributed by atoms with Gasteiger partial charge in [0.05, 0.1) is 11.1 Å². The van der Waals surface area contributed by atoms with Crippen LogP contribution in [0, 0.1) is 13.8 Å². The van der Waals surface area contributed by atoms with Crippen molar-refractivity contribution in [1.29, 1.82) is 0 Å². The first-order chi connectivity index (χ1) is 7.07. The topological polar surface area (TPSA) is 37.4 Å². The fraction of sp³-hybridized carbons (Fsp3) is 0.333. The number of imide groups is 1. The van der Waals surface area contributed by atoms with Gasteiger partial charge in [-0.2, -0.15) is 0 Å². The van der Waals surface area contributed by atoms with E-state index in [0.29, 0.717) is 17.7 Å². The van der Waals surface area contributed by atoms with Crippen LogP contribution < -0.4 is 0 Å². The fourth-order valence-corrected chi connectivity index (χ4v) is 2.01. The monoisotopic (exact) mass is 203 g/mol. The van der Waals surface area contributed by atoms with Crippen molar-refractivity contribution < 1.29 is 9.59 Å². The van der Waals surface area contributed by atoms with Gasteiger partial charge in [-0.15, -0.1) is 0 Å². The first-order valence-electron chi connectivity index (χ1n) is 5.04. The van der Waals surface area contributed by atoms with Crippen molar-refractivity contribution in [3.63, 3.8) is 0 Å². The van der Waals surface area contributed by atoms with E-state index in [2.05, 4.69) is 0 Å². The molecule has 15 heavy (non-hydrogen) atoms. The van der Waals surface area contributed by atoms with E-state index in [1.165, 1.54) is 4.90 Å². The second kappa shape index (κ2) is 3.19. The molecule has 0 N–H and O–H groups in total. The lowest BCUT2D eigenvalue weighted by Gasteiger charge is -2.09. The van der Waals surface area contributed by atoms with Crippen LogP contribution >= 0.6 is 0 Å². The normalized spacial score (nSPS) is 14.7. The second-order valence-electron chi connectivity index (χ2n) is 3.80. The third-order valence-electron chi connectivity index (χ3n) is 2.86. The maximum atomic E-state index is 11.9. The zero-order valence-electron chi connectivity index (χ0n) is 9.13. The summed E-state index contributed by atoms with van der Waals surface area (Å²) in [6.45, 7) is 5.98. The molecule has 2 amide bonds. The molecule has 2 rings (SSSR count). The smallest absolute Gasteiger partial charge is 0.261 e. The van der Waals surface area contributed by atoms with Crippen molar-refractivity contribution in [2.24, 2.45) is 0 Å². The van der Waals surface area contributed by atoms with E-state index >= 15 is 0 Å². The van der Waals surface area contributed by atoms with Gasteiger partial charge in [-0.1, -0.05) is 12.1 Å². The largest absolute Gasteiger partial charge is 0.275 e. The maximum Gasteiger partial charge on any atom is 0.261 e. The Morgan fingerprint density at radius 3 is 1.73 bits per heavy atom. The van der Waals surface area contributed by atoms with Crippen molar-refractivity contribution in [3.05, 3.63) is 34.4 Å². The molecule has 0 unspecified atom stereocenters. The molecule has 3 nitrogen and oxygen atoms in total. The van der Waals surface area contributed by atoms with Crippen LogP contribution in [0.1, 0.15) is 38.8 Å². The Kier molecular flexibility index (Phi) is 2.11. The van der Waals surface area contributed by atoms with Crippen LogP contribution in [0.3, 0.4) is 0 Å². The quantitative estimate of drug-likeness (QED) is 0.654. The average Bonchev–Trinajstić information content (AvgIpc) is 2.46. The average molecular weight is 203 g/mol. The molecule has 1 aromatic carbocycles. The summed E-state index contributed by atoms with van der Waals surface area (Å²) >= 11 is 0. The molecule has 1 aromatic rings. The number of rotatable bonds is 1. The van der Waals surface area contributed by atoms with Gasteiger partial charge in [0.1, 0.15) is 0 Å². The van der Waals surface area contributed by atoms with E-state index < -0.39 is 0 Å². The van der Waals surface area contributed by atoms with Crippen LogP contribution in [0.5, 0.6) is 0 Å². The summed E-state index contributed by atoms with van der Waals surface area (Å²) in [7, 11) is 0. The maximum absolute atomic E-state index is 11.9.